The lowest BCUT2D eigenvalue weighted by atomic mass is 9.86. The van der Waals surface area contributed by atoms with E-state index in [1.54, 1.807) is 0 Å². The molecule has 0 N–H and O–H groups in total. The normalized spacial score (nSPS) is 19.4. The van der Waals surface area contributed by atoms with Crippen LogP contribution in [0.15, 0.2) is 25.5 Å². The molecule has 0 bridgehead atoms. The highest BCUT2D eigenvalue weighted by atomic mass is 16.7. The van der Waals surface area contributed by atoms with E-state index in [4.69, 9.17) is 28.4 Å². The molecule has 8 heteroatoms. The third-order valence-electron chi connectivity index (χ3n) is 3.75. The van der Waals surface area contributed by atoms with Crippen LogP contribution in [0.4, 0.5) is 0 Å². The first-order valence-electron chi connectivity index (χ1n) is 8.64. The summed E-state index contributed by atoms with van der Waals surface area (Å²) in [6.45, 7) is 7.55. The molecule has 2 unspecified atom stereocenters. The van der Waals surface area contributed by atoms with E-state index in [0.717, 1.165) is 31.8 Å². The van der Waals surface area contributed by atoms with Crippen molar-refractivity contribution >= 4 is 11.9 Å². The van der Waals surface area contributed by atoms with Gasteiger partial charge in [0.2, 0.25) is 0 Å². The van der Waals surface area contributed by atoms with E-state index in [2.05, 4.69) is 13.2 Å². The molecule has 1 saturated carbocycles. The van der Waals surface area contributed by atoms with Crippen molar-refractivity contribution < 1.29 is 38.0 Å². The second kappa shape index (κ2) is 14.3. The zero-order chi connectivity index (χ0) is 19.0. The van der Waals surface area contributed by atoms with E-state index in [-0.39, 0.29) is 58.0 Å². The van der Waals surface area contributed by atoms with Gasteiger partial charge < -0.3 is 28.4 Å². The highest BCUT2D eigenvalue weighted by molar-refractivity contribution is 5.81. The minimum Gasteiger partial charge on any atom is -0.476 e. The maximum atomic E-state index is 12.2. The number of esters is 2. The monoisotopic (exact) mass is 372 g/mol. The van der Waals surface area contributed by atoms with Crippen molar-refractivity contribution in [1.29, 1.82) is 0 Å². The molecule has 0 saturated heterocycles. The van der Waals surface area contributed by atoms with Crippen molar-refractivity contribution in [3.8, 4) is 0 Å². The van der Waals surface area contributed by atoms with E-state index in [1.807, 2.05) is 0 Å². The molecule has 1 rings (SSSR count). The second-order valence-electron chi connectivity index (χ2n) is 5.52. The number of ether oxygens (including phenoxy) is 6. The van der Waals surface area contributed by atoms with Crippen molar-refractivity contribution in [3.05, 3.63) is 25.5 Å². The van der Waals surface area contributed by atoms with E-state index in [1.165, 1.54) is 6.26 Å². The molecule has 0 aromatic carbocycles. The number of hydrogen-bond donors (Lipinski definition) is 0. The number of carbonyl (C=O) groups excluding carboxylic acids is 2. The summed E-state index contributed by atoms with van der Waals surface area (Å²) in [5, 5.41) is 0. The van der Waals surface area contributed by atoms with Crippen LogP contribution in [0.5, 0.6) is 0 Å². The Labute approximate surface area is 154 Å². The van der Waals surface area contributed by atoms with Gasteiger partial charge in [-0.25, -0.2) is 4.79 Å². The van der Waals surface area contributed by atoms with Crippen LogP contribution in [-0.2, 0) is 38.0 Å². The topological polar surface area (TPSA) is 89.5 Å². The zero-order valence-corrected chi connectivity index (χ0v) is 15.1. The maximum Gasteiger partial charge on any atom is 0.330 e. The van der Waals surface area contributed by atoms with E-state index < -0.39 is 5.97 Å². The molecule has 0 aromatic rings. The van der Waals surface area contributed by atoms with E-state index >= 15 is 0 Å². The molecule has 1 fully saturated rings. The van der Waals surface area contributed by atoms with Gasteiger partial charge in [0.15, 0.2) is 6.79 Å². The average Bonchev–Trinajstić information content (AvgIpc) is 2.67. The number of carbonyl (C=O) groups is 2. The molecule has 0 aliphatic heterocycles. The molecule has 2 atom stereocenters. The Bertz CT molecular complexity index is 437. The lowest BCUT2D eigenvalue weighted by molar-refractivity contribution is -0.168. The Morgan fingerprint density at radius 3 is 2.35 bits per heavy atom. The first-order valence-corrected chi connectivity index (χ1v) is 8.64. The third-order valence-corrected chi connectivity index (χ3v) is 3.75. The highest BCUT2D eigenvalue weighted by Crippen LogP contribution is 2.28. The fourth-order valence-electron chi connectivity index (χ4n) is 2.48. The summed E-state index contributed by atoms with van der Waals surface area (Å²) in [6, 6.07) is 0. The quantitative estimate of drug-likeness (QED) is 0.150. The standard InChI is InChI=1S/C18H28O8/c1-3-17(19)24-11-9-23-14-26-16-8-6-5-7-15(16)18(20)25-12-10-22-13-21-4-2/h3-4,15-16H,1-2,5-14H2. The summed E-state index contributed by atoms with van der Waals surface area (Å²) in [5.74, 6) is -1.09. The Morgan fingerprint density at radius 1 is 0.923 bits per heavy atom. The summed E-state index contributed by atoms with van der Waals surface area (Å²) in [6.07, 6.45) is 5.58. The Kier molecular flexibility index (Phi) is 12.2. The van der Waals surface area contributed by atoms with Gasteiger partial charge in [0, 0.05) is 6.08 Å². The van der Waals surface area contributed by atoms with Crippen LogP contribution >= 0.6 is 0 Å². The van der Waals surface area contributed by atoms with Gasteiger partial charge in [0.05, 0.1) is 31.5 Å². The van der Waals surface area contributed by atoms with Crippen molar-refractivity contribution in [2.24, 2.45) is 5.92 Å². The van der Waals surface area contributed by atoms with Gasteiger partial charge in [0.1, 0.15) is 20.0 Å². The first kappa shape index (κ1) is 22.1. The first-order chi connectivity index (χ1) is 12.7. The largest absolute Gasteiger partial charge is 0.476 e. The third kappa shape index (κ3) is 9.55. The van der Waals surface area contributed by atoms with Gasteiger partial charge >= 0.3 is 11.9 Å². The summed E-state index contributed by atoms with van der Waals surface area (Å²) < 4.78 is 30.9. The summed E-state index contributed by atoms with van der Waals surface area (Å²) in [4.78, 5) is 23.1. The van der Waals surface area contributed by atoms with Gasteiger partial charge in [-0.2, -0.15) is 0 Å². The van der Waals surface area contributed by atoms with Gasteiger partial charge in [-0.1, -0.05) is 26.0 Å². The fourth-order valence-corrected chi connectivity index (χ4v) is 2.48. The molecule has 148 valence electrons. The molecular weight excluding hydrogens is 344 g/mol. The molecular formula is C18H28O8. The molecule has 0 aromatic heterocycles. The van der Waals surface area contributed by atoms with Crippen LogP contribution in [0.2, 0.25) is 0 Å². The van der Waals surface area contributed by atoms with Gasteiger partial charge in [-0.05, 0) is 12.8 Å². The van der Waals surface area contributed by atoms with Crippen molar-refractivity contribution in [1.82, 2.24) is 0 Å². The van der Waals surface area contributed by atoms with Crippen LogP contribution < -0.4 is 0 Å². The molecule has 8 nitrogen and oxygen atoms in total. The molecule has 0 spiro atoms. The molecule has 0 amide bonds. The van der Waals surface area contributed by atoms with Crippen LogP contribution in [0, 0.1) is 5.92 Å². The van der Waals surface area contributed by atoms with Crippen LogP contribution in [0.25, 0.3) is 0 Å². The van der Waals surface area contributed by atoms with Crippen molar-refractivity contribution in [2.75, 3.05) is 40.0 Å². The Morgan fingerprint density at radius 2 is 1.62 bits per heavy atom. The van der Waals surface area contributed by atoms with Crippen LogP contribution in [-0.4, -0.2) is 58.1 Å². The minimum absolute atomic E-state index is 0.0299. The second-order valence-corrected chi connectivity index (χ2v) is 5.52. The average molecular weight is 372 g/mol. The molecule has 0 heterocycles. The number of rotatable bonds is 14. The molecule has 1 aliphatic rings. The van der Waals surface area contributed by atoms with Gasteiger partial charge in [-0.15, -0.1) is 0 Å². The van der Waals surface area contributed by atoms with Gasteiger partial charge in [-0.3, -0.25) is 4.79 Å². The highest BCUT2D eigenvalue weighted by Gasteiger charge is 2.32. The molecule has 1 aliphatic carbocycles. The van der Waals surface area contributed by atoms with E-state index in [9.17, 15) is 9.59 Å². The smallest absolute Gasteiger partial charge is 0.330 e. The van der Waals surface area contributed by atoms with Gasteiger partial charge in [0.25, 0.3) is 0 Å². The zero-order valence-electron chi connectivity index (χ0n) is 15.1. The lowest BCUT2D eigenvalue weighted by Gasteiger charge is -2.29. The SMILES string of the molecule is C=COCOCCOC(=O)C1CCCCC1OCOCCOC(=O)C=C. The van der Waals surface area contributed by atoms with Crippen molar-refractivity contribution in [2.45, 2.75) is 31.8 Å². The predicted octanol–water partition coefficient (Wildman–Crippen LogP) is 1.94. The molecule has 26 heavy (non-hydrogen) atoms. The Hall–Kier alpha value is -1.90. The lowest BCUT2D eigenvalue weighted by Crippen LogP contribution is -2.36. The summed E-state index contributed by atoms with van der Waals surface area (Å²) >= 11 is 0. The van der Waals surface area contributed by atoms with Crippen LogP contribution in [0.1, 0.15) is 25.7 Å². The predicted molar refractivity (Wildman–Crippen MR) is 91.9 cm³/mol. The van der Waals surface area contributed by atoms with Crippen molar-refractivity contribution in [3.63, 3.8) is 0 Å². The number of hydrogen-bond acceptors (Lipinski definition) is 8. The van der Waals surface area contributed by atoms with E-state index in [0.29, 0.717) is 0 Å². The molecule has 0 radical (unpaired) electrons. The summed E-state index contributed by atoms with van der Waals surface area (Å²) in [7, 11) is 0. The summed E-state index contributed by atoms with van der Waals surface area (Å²) in [5.41, 5.74) is 0. The minimum atomic E-state index is -0.496. The fraction of sp³-hybridized carbons (Fsp3) is 0.667. The maximum absolute atomic E-state index is 12.2. The Balaban J connectivity index is 2.19. The van der Waals surface area contributed by atoms with Crippen LogP contribution in [0.3, 0.4) is 0 Å².